The highest BCUT2D eigenvalue weighted by molar-refractivity contribution is 7.97. The van der Waals surface area contributed by atoms with E-state index in [1.54, 1.807) is 0 Å². The van der Waals surface area contributed by atoms with Gasteiger partial charge in [-0.25, -0.2) is 4.98 Å². The maximum absolute atomic E-state index is 5.67. The van der Waals surface area contributed by atoms with Crippen LogP contribution in [0.4, 0.5) is 5.82 Å². The van der Waals surface area contributed by atoms with Crippen LogP contribution in [-0.4, -0.2) is 56.2 Å². The van der Waals surface area contributed by atoms with Crippen molar-refractivity contribution >= 4 is 17.8 Å². The summed E-state index contributed by atoms with van der Waals surface area (Å²) in [6, 6.07) is 5.90. The number of tetrazole rings is 1. The first-order valence-electron chi connectivity index (χ1n) is 9.00. The Morgan fingerprint density at radius 1 is 1.42 bits per heavy atom. The van der Waals surface area contributed by atoms with Gasteiger partial charge in [0.25, 0.3) is 0 Å². The molecule has 1 aliphatic heterocycles. The van der Waals surface area contributed by atoms with Gasteiger partial charge in [-0.2, -0.15) is 5.21 Å². The van der Waals surface area contributed by atoms with Crippen LogP contribution in [0.2, 0.25) is 0 Å². The zero-order valence-electron chi connectivity index (χ0n) is 15.7. The molecule has 2 aromatic heterocycles. The topological polar surface area (TPSA) is 99.9 Å². The lowest BCUT2D eigenvalue weighted by Crippen LogP contribution is -2.34. The summed E-state index contributed by atoms with van der Waals surface area (Å²) in [5, 5.41) is 20.8. The quantitative estimate of drug-likeness (QED) is 0.676. The largest absolute Gasteiger partial charge is 0.349 e. The van der Waals surface area contributed by atoms with Crippen LogP contribution in [0.15, 0.2) is 23.2 Å². The first-order chi connectivity index (χ1) is 12.5. The van der Waals surface area contributed by atoms with E-state index in [1.165, 1.54) is 19.4 Å². The summed E-state index contributed by atoms with van der Waals surface area (Å²) in [6.07, 6.45) is 3.57. The number of nitrogens with two attached hydrogens (primary N) is 1. The van der Waals surface area contributed by atoms with Gasteiger partial charge >= 0.3 is 0 Å². The molecule has 0 radical (unpaired) electrons. The van der Waals surface area contributed by atoms with E-state index in [2.05, 4.69) is 56.3 Å². The van der Waals surface area contributed by atoms with Crippen molar-refractivity contribution in [3.05, 3.63) is 24.0 Å². The number of nitrogens with one attached hydrogen (secondary N) is 1. The van der Waals surface area contributed by atoms with Gasteiger partial charge in [0.05, 0.1) is 6.54 Å². The number of likely N-dealkylation sites (tertiary alicyclic amines) is 1. The summed E-state index contributed by atoms with van der Waals surface area (Å²) in [6.45, 7) is 7.32. The number of rotatable bonds is 8. The Morgan fingerprint density at radius 3 is 2.92 bits per heavy atom. The molecule has 1 saturated heterocycles. The molecule has 0 aliphatic carbocycles. The minimum absolute atomic E-state index is 0.309. The van der Waals surface area contributed by atoms with E-state index >= 15 is 0 Å². The minimum atomic E-state index is 0.309. The number of pyridine rings is 1. The number of H-pyrrole nitrogens is 1. The molecule has 1 unspecified atom stereocenters. The van der Waals surface area contributed by atoms with Gasteiger partial charge in [0.2, 0.25) is 0 Å². The van der Waals surface area contributed by atoms with E-state index in [1.807, 2.05) is 18.2 Å². The van der Waals surface area contributed by atoms with Gasteiger partial charge in [-0.1, -0.05) is 11.3 Å². The molecule has 8 nitrogen and oxygen atoms in total. The molecular formula is C17H28N8S. The fourth-order valence-electron chi connectivity index (χ4n) is 3.67. The molecule has 3 N–H and O–H groups in total. The zero-order valence-corrected chi connectivity index (χ0v) is 16.5. The highest BCUT2D eigenvalue weighted by Gasteiger charge is 2.35. The lowest BCUT2D eigenvalue weighted by molar-refractivity contribution is 0.218. The van der Waals surface area contributed by atoms with Crippen molar-refractivity contribution in [2.24, 2.45) is 11.1 Å². The molecule has 0 spiro atoms. The lowest BCUT2D eigenvalue weighted by Gasteiger charge is -2.26. The second kappa shape index (κ2) is 8.32. The average molecular weight is 377 g/mol. The van der Waals surface area contributed by atoms with Crippen molar-refractivity contribution in [1.29, 1.82) is 0 Å². The predicted octanol–water partition coefficient (Wildman–Crippen LogP) is 2.08. The molecule has 1 aliphatic rings. The molecule has 1 atom stereocenters. The highest BCUT2D eigenvalue weighted by Crippen LogP contribution is 2.33. The molecule has 0 bridgehead atoms. The Balaban J connectivity index is 1.62. The first kappa shape index (κ1) is 19.1. The van der Waals surface area contributed by atoms with Gasteiger partial charge < -0.3 is 9.80 Å². The van der Waals surface area contributed by atoms with Crippen LogP contribution in [0.25, 0.3) is 0 Å². The fraction of sp³-hybridized carbons (Fsp3) is 0.647. The zero-order chi connectivity index (χ0) is 18.6. The molecule has 3 rings (SSSR count). The summed E-state index contributed by atoms with van der Waals surface area (Å²) in [4.78, 5) is 9.30. The van der Waals surface area contributed by atoms with Crippen LogP contribution in [0.5, 0.6) is 0 Å². The molecule has 1 fully saturated rings. The van der Waals surface area contributed by atoms with E-state index in [0.29, 0.717) is 17.9 Å². The summed E-state index contributed by atoms with van der Waals surface area (Å²) in [5.41, 5.74) is 0.309. The Kier molecular flexibility index (Phi) is 6.10. The first-order valence-corrected chi connectivity index (χ1v) is 9.88. The summed E-state index contributed by atoms with van der Waals surface area (Å²) >= 11 is 1.16. The van der Waals surface area contributed by atoms with Crippen molar-refractivity contribution < 1.29 is 0 Å². The summed E-state index contributed by atoms with van der Waals surface area (Å²) in [7, 11) is 2.22. The molecule has 9 heteroatoms. The predicted molar refractivity (Wildman–Crippen MR) is 104 cm³/mol. The van der Waals surface area contributed by atoms with Crippen LogP contribution in [-0.2, 0) is 6.54 Å². The van der Waals surface area contributed by atoms with Crippen molar-refractivity contribution in [3.63, 3.8) is 0 Å². The lowest BCUT2D eigenvalue weighted by atomic mass is 9.93. The molecule has 2 aromatic rings. The molecule has 0 aromatic carbocycles. The monoisotopic (exact) mass is 376 g/mol. The van der Waals surface area contributed by atoms with Gasteiger partial charge in [0.1, 0.15) is 10.8 Å². The number of hydrogen-bond donors (Lipinski definition) is 2. The average Bonchev–Trinajstić information content (AvgIpc) is 3.22. The van der Waals surface area contributed by atoms with Crippen LogP contribution >= 0.6 is 11.9 Å². The third-order valence-corrected chi connectivity index (χ3v) is 5.74. The van der Waals surface area contributed by atoms with Crippen molar-refractivity contribution in [2.75, 3.05) is 25.0 Å². The Labute approximate surface area is 159 Å². The van der Waals surface area contributed by atoms with E-state index in [9.17, 15) is 0 Å². The van der Waals surface area contributed by atoms with E-state index in [-0.39, 0.29) is 0 Å². The van der Waals surface area contributed by atoms with E-state index in [4.69, 9.17) is 5.14 Å². The fourth-order valence-corrected chi connectivity index (χ4v) is 3.97. The van der Waals surface area contributed by atoms with Gasteiger partial charge in [0, 0.05) is 18.6 Å². The van der Waals surface area contributed by atoms with E-state index < -0.39 is 0 Å². The normalized spacial score (nSPS) is 19.8. The van der Waals surface area contributed by atoms with Gasteiger partial charge in [0.15, 0.2) is 5.82 Å². The van der Waals surface area contributed by atoms with Crippen LogP contribution in [0.3, 0.4) is 0 Å². The maximum Gasteiger partial charge on any atom is 0.193 e. The third kappa shape index (κ3) is 4.72. The molecular weight excluding hydrogens is 348 g/mol. The van der Waals surface area contributed by atoms with Crippen LogP contribution < -0.4 is 10.0 Å². The van der Waals surface area contributed by atoms with Crippen molar-refractivity contribution in [3.8, 4) is 0 Å². The summed E-state index contributed by atoms with van der Waals surface area (Å²) in [5.74, 6) is 2.31. The second-order valence-corrected chi connectivity index (χ2v) is 8.26. The minimum Gasteiger partial charge on any atom is -0.349 e. The Hall–Kier alpha value is -1.71. The number of nitrogens with zero attached hydrogens (tertiary/aromatic N) is 6. The molecule has 26 heavy (non-hydrogen) atoms. The van der Waals surface area contributed by atoms with E-state index in [0.717, 1.165) is 41.7 Å². The molecule has 0 amide bonds. The summed E-state index contributed by atoms with van der Waals surface area (Å²) < 4.78 is 0. The third-order valence-electron chi connectivity index (χ3n) is 5.27. The smallest absolute Gasteiger partial charge is 0.193 e. The maximum atomic E-state index is 5.67. The Bertz CT molecular complexity index is 690. The molecule has 3 heterocycles. The van der Waals surface area contributed by atoms with Gasteiger partial charge in [-0.3, -0.25) is 5.14 Å². The second-order valence-electron chi connectivity index (χ2n) is 7.61. The number of hydrogen-bond acceptors (Lipinski definition) is 8. The highest BCUT2D eigenvalue weighted by atomic mass is 32.2. The van der Waals surface area contributed by atoms with Crippen molar-refractivity contribution in [2.45, 2.75) is 50.2 Å². The van der Waals surface area contributed by atoms with Crippen LogP contribution in [0.1, 0.15) is 38.9 Å². The van der Waals surface area contributed by atoms with Gasteiger partial charge in [-0.05, 0) is 70.2 Å². The Morgan fingerprint density at radius 2 is 2.27 bits per heavy atom. The van der Waals surface area contributed by atoms with Gasteiger partial charge in [-0.15, -0.1) is 10.2 Å². The number of anilines is 1. The SMILES string of the molecule is CN1CC(CCCN(Cc2nn[nH]n2)c2cccc(SN)n2)CC1(C)C. The van der Waals surface area contributed by atoms with Crippen LogP contribution in [0, 0.1) is 5.92 Å². The number of aromatic amines is 1. The molecule has 142 valence electrons. The standard InChI is InChI=1S/C17H28N8S/c1-17(2)10-13(11-24(17)3)6-5-9-25(12-14-20-22-23-21-14)15-7-4-8-16(19-15)26-18/h4,7-8,13H,5-6,9-12,18H2,1-3H3,(H,20,21,22,23). The van der Waals surface area contributed by atoms with Crippen molar-refractivity contribution in [1.82, 2.24) is 30.5 Å². The molecule has 0 saturated carbocycles. The number of aromatic nitrogens is 5.